The van der Waals surface area contributed by atoms with Crippen LogP contribution in [-0.2, 0) is 4.74 Å². The molecule has 1 N–H and O–H groups in total. The van der Waals surface area contributed by atoms with Crippen LogP contribution in [0.3, 0.4) is 0 Å². The van der Waals surface area contributed by atoms with E-state index in [9.17, 15) is 4.79 Å². The van der Waals surface area contributed by atoms with Crippen molar-refractivity contribution in [3.63, 3.8) is 0 Å². The molecular formula is C18H22N2O2. The predicted molar refractivity (Wildman–Crippen MR) is 90.8 cm³/mol. The second kappa shape index (κ2) is 6.52. The lowest BCUT2D eigenvalue weighted by Gasteiger charge is -2.24. The van der Waals surface area contributed by atoms with Gasteiger partial charge < -0.3 is 10.1 Å². The third-order valence-electron chi connectivity index (χ3n) is 2.98. The number of nitrogens with one attached hydrogen (secondary N) is 1. The Morgan fingerprint density at radius 3 is 2.05 bits per heavy atom. The van der Waals surface area contributed by atoms with Crippen LogP contribution in [0, 0.1) is 0 Å². The van der Waals surface area contributed by atoms with Crippen molar-refractivity contribution in [2.45, 2.75) is 26.4 Å². The van der Waals surface area contributed by atoms with Gasteiger partial charge in [-0.15, -0.1) is 0 Å². The van der Waals surface area contributed by atoms with Crippen molar-refractivity contribution in [1.29, 1.82) is 0 Å². The van der Waals surface area contributed by atoms with Crippen LogP contribution in [-0.4, -0.2) is 18.7 Å². The molecule has 2 rings (SSSR count). The minimum atomic E-state index is -0.500. The zero-order valence-corrected chi connectivity index (χ0v) is 13.5. The van der Waals surface area contributed by atoms with E-state index in [0.29, 0.717) is 0 Å². The highest BCUT2D eigenvalue weighted by Gasteiger charge is 2.20. The SMILES string of the molecule is CN(C(=O)OC(C)(C)C)c1ccc(Nc2ccccc2)cc1. The van der Waals surface area contributed by atoms with Crippen molar-refractivity contribution in [1.82, 2.24) is 0 Å². The van der Waals surface area contributed by atoms with Crippen LogP contribution in [0.4, 0.5) is 21.9 Å². The van der Waals surface area contributed by atoms with Gasteiger partial charge in [-0.1, -0.05) is 18.2 Å². The zero-order chi connectivity index (χ0) is 16.2. The van der Waals surface area contributed by atoms with Crippen LogP contribution < -0.4 is 10.2 Å². The van der Waals surface area contributed by atoms with Crippen molar-refractivity contribution in [2.75, 3.05) is 17.3 Å². The molecular weight excluding hydrogens is 276 g/mol. The smallest absolute Gasteiger partial charge is 0.414 e. The van der Waals surface area contributed by atoms with Crippen LogP contribution in [0.15, 0.2) is 54.6 Å². The lowest BCUT2D eigenvalue weighted by molar-refractivity contribution is 0.0589. The minimum Gasteiger partial charge on any atom is -0.443 e. The number of amides is 1. The minimum absolute atomic E-state index is 0.365. The summed E-state index contributed by atoms with van der Waals surface area (Å²) in [4.78, 5) is 13.5. The summed E-state index contributed by atoms with van der Waals surface area (Å²) in [6, 6.07) is 17.6. The van der Waals surface area contributed by atoms with E-state index >= 15 is 0 Å². The number of carbonyl (C=O) groups is 1. The normalized spacial score (nSPS) is 10.9. The molecule has 4 nitrogen and oxygen atoms in total. The monoisotopic (exact) mass is 298 g/mol. The van der Waals surface area contributed by atoms with E-state index in [1.54, 1.807) is 7.05 Å². The Morgan fingerprint density at radius 2 is 1.50 bits per heavy atom. The number of hydrogen-bond donors (Lipinski definition) is 1. The molecule has 0 bridgehead atoms. The molecule has 0 aliphatic heterocycles. The highest BCUT2D eigenvalue weighted by Crippen LogP contribution is 2.21. The van der Waals surface area contributed by atoms with E-state index in [1.807, 2.05) is 75.4 Å². The summed E-state index contributed by atoms with van der Waals surface area (Å²) in [6.45, 7) is 5.56. The molecule has 4 heteroatoms. The first kappa shape index (κ1) is 15.9. The summed E-state index contributed by atoms with van der Waals surface area (Å²) in [5.41, 5.74) is 2.27. The summed E-state index contributed by atoms with van der Waals surface area (Å²) < 4.78 is 5.35. The number of anilines is 3. The van der Waals surface area contributed by atoms with Gasteiger partial charge in [0.2, 0.25) is 0 Å². The number of rotatable bonds is 3. The standard InChI is InChI=1S/C18H22N2O2/c1-18(2,3)22-17(21)20(4)16-12-10-15(11-13-16)19-14-8-6-5-7-9-14/h5-13,19H,1-4H3. The van der Waals surface area contributed by atoms with Gasteiger partial charge in [0.25, 0.3) is 0 Å². The molecule has 0 fully saturated rings. The molecule has 0 saturated heterocycles. The highest BCUT2D eigenvalue weighted by atomic mass is 16.6. The Kier molecular flexibility index (Phi) is 4.71. The van der Waals surface area contributed by atoms with Crippen molar-refractivity contribution < 1.29 is 9.53 Å². The van der Waals surface area contributed by atoms with Crippen LogP contribution in [0.25, 0.3) is 0 Å². The second-order valence-electron chi connectivity index (χ2n) is 6.08. The van der Waals surface area contributed by atoms with Gasteiger partial charge in [0.15, 0.2) is 0 Å². The molecule has 0 aliphatic rings. The summed E-state index contributed by atoms with van der Waals surface area (Å²) in [5.74, 6) is 0. The van der Waals surface area contributed by atoms with E-state index in [4.69, 9.17) is 4.74 Å². The van der Waals surface area contributed by atoms with Gasteiger partial charge in [-0.25, -0.2) is 4.79 Å². The molecule has 116 valence electrons. The molecule has 0 saturated carbocycles. The summed E-state index contributed by atoms with van der Waals surface area (Å²) >= 11 is 0. The molecule has 0 aromatic heterocycles. The lowest BCUT2D eigenvalue weighted by Crippen LogP contribution is -2.34. The maximum atomic E-state index is 12.0. The Hall–Kier alpha value is -2.49. The Labute approximate surface area is 131 Å². The predicted octanol–water partition coefficient (Wildman–Crippen LogP) is 4.80. The maximum Gasteiger partial charge on any atom is 0.414 e. The number of benzene rings is 2. The molecule has 0 heterocycles. The fraction of sp³-hybridized carbons (Fsp3) is 0.278. The second-order valence-corrected chi connectivity index (χ2v) is 6.08. The highest BCUT2D eigenvalue weighted by molar-refractivity contribution is 5.87. The number of hydrogen-bond acceptors (Lipinski definition) is 3. The molecule has 0 spiro atoms. The quantitative estimate of drug-likeness (QED) is 0.884. The summed E-state index contributed by atoms with van der Waals surface area (Å²) in [6.07, 6.45) is -0.365. The largest absolute Gasteiger partial charge is 0.443 e. The first-order valence-electron chi connectivity index (χ1n) is 7.24. The number of para-hydroxylation sites is 1. The van der Waals surface area contributed by atoms with E-state index in [0.717, 1.165) is 17.1 Å². The van der Waals surface area contributed by atoms with Crippen LogP contribution in [0.2, 0.25) is 0 Å². The summed E-state index contributed by atoms with van der Waals surface area (Å²) in [5, 5.41) is 3.30. The van der Waals surface area contributed by atoms with Gasteiger partial charge in [0, 0.05) is 24.1 Å². The van der Waals surface area contributed by atoms with Gasteiger partial charge in [-0.2, -0.15) is 0 Å². The van der Waals surface area contributed by atoms with E-state index < -0.39 is 5.60 Å². The first-order chi connectivity index (χ1) is 10.3. The molecule has 0 radical (unpaired) electrons. The third-order valence-corrected chi connectivity index (χ3v) is 2.98. The van der Waals surface area contributed by atoms with E-state index in [-0.39, 0.29) is 6.09 Å². The average molecular weight is 298 g/mol. The lowest BCUT2D eigenvalue weighted by atomic mass is 10.2. The molecule has 1 amide bonds. The van der Waals surface area contributed by atoms with Gasteiger partial charge >= 0.3 is 6.09 Å². The van der Waals surface area contributed by atoms with Crippen molar-refractivity contribution in [3.8, 4) is 0 Å². The van der Waals surface area contributed by atoms with E-state index in [1.165, 1.54) is 4.90 Å². The molecule has 2 aromatic carbocycles. The average Bonchev–Trinajstić information content (AvgIpc) is 2.46. The van der Waals surface area contributed by atoms with E-state index in [2.05, 4.69) is 5.32 Å². The van der Waals surface area contributed by atoms with Gasteiger partial charge in [0.1, 0.15) is 5.60 Å². The fourth-order valence-electron chi connectivity index (χ4n) is 1.89. The molecule has 0 unspecified atom stereocenters. The molecule has 0 atom stereocenters. The van der Waals surface area contributed by atoms with Gasteiger partial charge in [-0.05, 0) is 57.2 Å². The van der Waals surface area contributed by atoms with Crippen molar-refractivity contribution in [2.24, 2.45) is 0 Å². The van der Waals surface area contributed by atoms with Crippen LogP contribution >= 0.6 is 0 Å². The van der Waals surface area contributed by atoms with Gasteiger partial charge in [0.05, 0.1) is 0 Å². The fourth-order valence-corrected chi connectivity index (χ4v) is 1.89. The number of nitrogens with zero attached hydrogens (tertiary/aromatic N) is 1. The zero-order valence-electron chi connectivity index (χ0n) is 13.5. The number of carbonyl (C=O) groups excluding carboxylic acids is 1. The molecule has 2 aromatic rings. The van der Waals surface area contributed by atoms with Crippen LogP contribution in [0.5, 0.6) is 0 Å². The van der Waals surface area contributed by atoms with Crippen molar-refractivity contribution in [3.05, 3.63) is 54.6 Å². The van der Waals surface area contributed by atoms with Crippen LogP contribution in [0.1, 0.15) is 20.8 Å². The Balaban J connectivity index is 2.04. The van der Waals surface area contributed by atoms with Gasteiger partial charge in [-0.3, -0.25) is 4.90 Å². The third kappa shape index (κ3) is 4.52. The van der Waals surface area contributed by atoms with Crippen molar-refractivity contribution >= 4 is 23.2 Å². The Bertz CT molecular complexity index is 616. The Morgan fingerprint density at radius 1 is 0.955 bits per heavy atom. The maximum absolute atomic E-state index is 12.0. The summed E-state index contributed by atoms with van der Waals surface area (Å²) in [7, 11) is 1.70. The molecule has 22 heavy (non-hydrogen) atoms. The first-order valence-corrected chi connectivity index (χ1v) is 7.24. The molecule has 0 aliphatic carbocycles. The number of ether oxygens (including phenoxy) is 1. The topological polar surface area (TPSA) is 41.6 Å².